The summed E-state index contributed by atoms with van der Waals surface area (Å²) in [6.07, 6.45) is 6.72. The van der Waals surface area contributed by atoms with Crippen LogP contribution in [0.5, 0.6) is 0 Å². The Hall–Kier alpha value is -0.590. The topological polar surface area (TPSA) is 17.1 Å². The highest BCUT2D eigenvalue weighted by atomic mass is 16.1. The molecule has 1 heteroatoms. The molecule has 2 unspecified atom stereocenters. The summed E-state index contributed by atoms with van der Waals surface area (Å²) in [5.41, 5.74) is 1.32. The fourth-order valence-electron chi connectivity index (χ4n) is 2.32. The Morgan fingerprint density at radius 2 is 2.09 bits per heavy atom. The molecule has 2 atom stereocenters. The first-order chi connectivity index (χ1) is 5.27. The molecule has 0 aromatic heterocycles. The third-order valence-electron chi connectivity index (χ3n) is 3.09. The van der Waals surface area contributed by atoms with Crippen molar-refractivity contribution < 1.29 is 4.79 Å². The summed E-state index contributed by atoms with van der Waals surface area (Å²) in [5, 5.41) is 0. The van der Waals surface area contributed by atoms with Crippen LogP contribution in [0.4, 0.5) is 0 Å². The van der Waals surface area contributed by atoms with E-state index in [1.54, 1.807) is 0 Å². The summed E-state index contributed by atoms with van der Waals surface area (Å²) in [6.45, 7) is 2.10. The van der Waals surface area contributed by atoms with Crippen molar-refractivity contribution >= 4 is 5.78 Å². The molecule has 0 spiro atoms. The van der Waals surface area contributed by atoms with Gasteiger partial charge >= 0.3 is 0 Å². The minimum atomic E-state index is 0.387. The second kappa shape index (κ2) is 2.47. The van der Waals surface area contributed by atoms with Gasteiger partial charge in [-0.15, -0.1) is 0 Å². The summed E-state index contributed by atoms with van der Waals surface area (Å²) < 4.78 is 0. The van der Waals surface area contributed by atoms with Crippen molar-refractivity contribution in [3.8, 4) is 0 Å². The molecule has 1 nitrogen and oxygen atoms in total. The van der Waals surface area contributed by atoms with Crippen molar-refractivity contribution in [1.82, 2.24) is 0 Å². The van der Waals surface area contributed by atoms with Crippen molar-refractivity contribution in [3.63, 3.8) is 0 Å². The van der Waals surface area contributed by atoms with Gasteiger partial charge in [-0.25, -0.2) is 0 Å². The van der Waals surface area contributed by atoms with Crippen molar-refractivity contribution in [1.29, 1.82) is 0 Å². The average molecular weight is 150 g/mol. The van der Waals surface area contributed by atoms with Crippen LogP contribution in [0.25, 0.3) is 0 Å². The molecule has 11 heavy (non-hydrogen) atoms. The molecule has 60 valence electrons. The monoisotopic (exact) mass is 150 g/mol. The molecule has 0 saturated heterocycles. The SMILES string of the molecule is CC1=CC(=O)C2CCCC1C2. The lowest BCUT2D eigenvalue weighted by atomic mass is 9.72. The van der Waals surface area contributed by atoms with Crippen LogP contribution in [0.1, 0.15) is 32.6 Å². The Balaban J connectivity index is 2.27. The van der Waals surface area contributed by atoms with Crippen LogP contribution in [0.3, 0.4) is 0 Å². The van der Waals surface area contributed by atoms with E-state index < -0.39 is 0 Å². The van der Waals surface area contributed by atoms with Gasteiger partial charge in [0.1, 0.15) is 0 Å². The molecule has 0 aromatic carbocycles. The largest absolute Gasteiger partial charge is 0.295 e. The molecule has 0 radical (unpaired) electrons. The van der Waals surface area contributed by atoms with E-state index in [-0.39, 0.29) is 0 Å². The molecule has 0 heterocycles. The van der Waals surface area contributed by atoms with Gasteiger partial charge in [-0.1, -0.05) is 12.0 Å². The molecule has 0 amide bonds. The Labute approximate surface area is 67.5 Å². The van der Waals surface area contributed by atoms with Gasteiger partial charge in [-0.3, -0.25) is 4.79 Å². The maximum Gasteiger partial charge on any atom is 0.158 e. The number of rotatable bonds is 0. The lowest BCUT2D eigenvalue weighted by Crippen LogP contribution is -2.27. The van der Waals surface area contributed by atoms with E-state index in [1.807, 2.05) is 6.08 Å². The summed E-state index contributed by atoms with van der Waals surface area (Å²) in [7, 11) is 0. The molecule has 0 N–H and O–H groups in total. The number of ketones is 1. The van der Waals surface area contributed by atoms with Gasteiger partial charge in [-0.05, 0) is 38.2 Å². The van der Waals surface area contributed by atoms with Crippen LogP contribution in [-0.2, 0) is 4.79 Å². The zero-order chi connectivity index (χ0) is 7.84. The number of hydrogen-bond donors (Lipinski definition) is 0. The highest BCUT2D eigenvalue weighted by Crippen LogP contribution is 2.37. The molecular weight excluding hydrogens is 136 g/mol. The number of carbonyl (C=O) groups excluding carboxylic acids is 1. The number of fused-ring (bicyclic) bond motifs is 2. The molecule has 2 bridgehead atoms. The van der Waals surface area contributed by atoms with E-state index in [1.165, 1.54) is 18.4 Å². The fourth-order valence-corrected chi connectivity index (χ4v) is 2.32. The van der Waals surface area contributed by atoms with Crippen LogP contribution >= 0.6 is 0 Å². The Morgan fingerprint density at radius 1 is 1.36 bits per heavy atom. The molecular formula is C10H14O. The van der Waals surface area contributed by atoms with Crippen LogP contribution in [0.15, 0.2) is 11.6 Å². The van der Waals surface area contributed by atoms with Crippen molar-refractivity contribution in [2.75, 3.05) is 0 Å². The molecule has 2 aliphatic carbocycles. The standard InChI is InChI=1S/C10H14O/c1-7-5-10(11)9-4-2-3-8(7)6-9/h5,8-9H,2-4,6H2,1H3. The van der Waals surface area contributed by atoms with Crippen LogP contribution < -0.4 is 0 Å². The van der Waals surface area contributed by atoms with Gasteiger partial charge in [0, 0.05) is 5.92 Å². The normalized spacial score (nSPS) is 36.8. The van der Waals surface area contributed by atoms with Crippen molar-refractivity contribution in [2.24, 2.45) is 11.8 Å². The first kappa shape index (κ1) is 7.08. The zero-order valence-corrected chi connectivity index (χ0v) is 6.97. The zero-order valence-electron chi connectivity index (χ0n) is 6.97. The van der Waals surface area contributed by atoms with Crippen LogP contribution in [0, 0.1) is 11.8 Å². The van der Waals surface area contributed by atoms with Crippen LogP contribution in [0.2, 0.25) is 0 Å². The highest BCUT2D eigenvalue weighted by Gasteiger charge is 2.30. The maximum absolute atomic E-state index is 11.3. The second-order valence-electron chi connectivity index (χ2n) is 3.85. The predicted molar refractivity (Wildman–Crippen MR) is 44.2 cm³/mol. The van der Waals surface area contributed by atoms with Gasteiger partial charge in [0.05, 0.1) is 0 Å². The van der Waals surface area contributed by atoms with Gasteiger partial charge < -0.3 is 0 Å². The number of hydrogen-bond acceptors (Lipinski definition) is 1. The predicted octanol–water partition coefficient (Wildman–Crippen LogP) is 2.32. The summed E-state index contributed by atoms with van der Waals surface area (Å²) in [6, 6.07) is 0. The maximum atomic E-state index is 11.3. The summed E-state index contributed by atoms with van der Waals surface area (Å²) in [4.78, 5) is 11.3. The molecule has 1 fully saturated rings. The second-order valence-corrected chi connectivity index (χ2v) is 3.85. The van der Waals surface area contributed by atoms with E-state index >= 15 is 0 Å². The van der Waals surface area contributed by atoms with Gasteiger partial charge in [0.2, 0.25) is 0 Å². The van der Waals surface area contributed by atoms with Gasteiger partial charge in [-0.2, -0.15) is 0 Å². The van der Waals surface area contributed by atoms with E-state index in [9.17, 15) is 4.79 Å². The minimum absolute atomic E-state index is 0.387. The molecule has 0 aromatic rings. The number of allylic oxidation sites excluding steroid dienone is 2. The first-order valence-corrected chi connectivity index (χ1v) is 4.49. The van der Waals surface area contributed by atoms with Crippen molar-refractivity contribution in [3.05, 3.63) is 11.6 Å². The highest BCUT2D eigenvalue weighted by molar-refractivity contribution is 5.93. The van der Waals surface area contributed by atoms with E-state index in [4.69, 9.17) is 0 Å². The van der Waals surface area contributed by atoms with E-state index in [2.05, 4.69) is 6.92 Å². The van der Waals surface area contributed by atoms with Crippen LogP contribution in [-0.4, -0.2) is 5.78 Å². The lowest BCUT2D eigenvalue weighted by Gasteiger charge is -2.32. The lowest BCUT2D eigenvalue weighted by molar-refractivity contribution is -0.120. The molecule has 2 rings (SSSR count). The first-order valence-electron chi connectivity index (χ1n) is 4.49. The van der Waals surface area contributed by atoms with Gasteiger partial charge in [0.15, 0.2) is 5.78 Å². The van der Waals surface area contributed by atoms with Gasteiger partial charge in [0.25, 0.3) is 0 Å². The van der Waals surface area contributed by atoms with Crippen molar-refractivity contribution in [2.45, 2.75) is 32.6 Å². The third-order valence-corrected chi connectivity index (χ3v) is 3.09. The molecule has 1 saturated carbocycles. The smallest absolute Gasteiger partial charge is 0.158 e. The fraction of sp³-hybridized carbons (Fsp3) is 0.700. The van der Waals surface area contributed by atoms with E-state index in [0.29, 0.717) is 11.7 Å². The minimum Gasteiger partial charge on any atom is -0.295 e. The third kappa shape index (κ3) is 1.13. The summed E-state index contributed by atoms with van der Waals surface area (Å²) in [5.74, 6) is 1.52. The Bertz CT molecular complexity index is 215. The summed E-state index contributed by atoms with van der Waals surface area (Å²) >= 11 is 0. The van der Waals surface area contributed by atoms with E-state index in [0.717, 1.165) is 18.8 Å². The quantitative estimate of drug-likeness (QED) is 0.518. The molecule has 2 aliphatic rings. The Kier molecular flexibility index (Phi) is 1.59. The molecule has 0 aliphatic heterocycles. The number of carbonyl (C=O) groups is 1. The Morgan fingerprint density at radius 3 is 2.91 bits per heavy atom. The average Bonchev–Trinajstić information content (AvgIpc) is 2.02.